The molecule has 1 aromatic heterocycles. The lowest BCUT2D eigenvalue weighted by atomic mass is 10.2. The molecule has 102 valence electrons. The fourth-order valence-corrected chi connectivity index (χ4v) is 2.58. The summed E-state index contributed by atoms with van der Waals surface area (Å²) in [5, 5.41) is 3.64. The highest BCUT2D eigenvalue weighted by Gasteiger charge is 2.14. The van der Waals surface area contributed by atoms with Gasteiger partial charge in [-0.15, -0.1) is 0 Å². The summed E-state index contributed by atoms with van der Waals surface area (Å²) >= 11 is 0. The second-order valence-electron chi connectivity index (χ2n) is 4.00. The average molecular weight is 281 g/mol. The van der Waals surface area contributed by atoms with Gasteiger partial charge >= 0.3 is 0 Å². The van der Waals surface area contributed by atoms with E-state index >= 15 is 0 Å². The molecule has 1 aromatic carbocycles. The Morgan fingerprint density at radius 2 is 1.95 bits per heavy atom. The topological polar surface area (TPSA) is 98.2 Å². The van der Waals surface area contributed by atoms with Crippen molar-refractivity contribution >= 4 is 10.0 Å². The molecular formula is C12H15N3O3S. The van der Waals surface area contributed by atoms with Gasteiger partial charge in [0.15, 0.2) is 0 Å². The van der Waals surface area contributed by atoms with E-state index in [-0.39, 0.29) is 11.4 Å². The van der Waals surface area contributed by atoms with Crippen molar-refractivity contribution in [2.45, 2.75) is 17.9 Å². The van der Waals surface area contributed by atoms with E-state index in [9.17, 15) is 8.42 Å². The summed E-state index contributed by atoms with van der Waals surface area (Å²) in [5.41, 5.74) is 6.98. The second kappa shape index (κ2) is 5.96. The fourth-order valence-electron chi connectivity index (χ4n) is 1.58. The SMILES string of the molecule is NCCc1ccc(S(=O)(=O)NCc2ccon2)cc1. The molecule has 0 atom stereocenters. The van der Waals surface area contributed by atoms with Gasteiger partial charge in [0.1, 0.15) is 6.26 Å². The van der Waals surface area contributed by atoms with Crippen molar-refractivity contribution in [1.29, 1.82) is 0 Å². The number of aromatic nitrogens is 1. The zero-order valence-electron chi connectivity index (χ0n) is 10.2. The Labute approximate surface area is 111 Å². The van der Waals surface area contributed by atoms with Crippen LogP contribution >= 0.6 is 0 Å². The van der Waals surface area contributed by atoms with Gasteiger partial charge < -0.3 is 10.3 Å². The minimum absolute atomic E-state index is 0.101. The lowest BCUT2D eigenvalue weighted by Gasteiger charge is -2.06. The van der Waals surface area contributed by atoms with Crippen LogP contribution in [0.15, 0.2) is 46.0 Å². The Morgan fingerprint density at radius 1 is 1.21 bits per heavy atom. The zero-order chi connectivity index (χ0) is 13.7. The minimum atomic E-state index is -3.53. The third-order valence-electron chi connectivity index (χ3n) is 2.60. The first-order chi connectivity index (χ1) is 9.12. The maximum absolute atomic E-state index is 12.0. The molecule has 2 rings (SSSR count). The van der Waals surface area contributed by atoms with E-state index in [1.165, 1.54) is 6.26 Å². The van der Waals surface area contributed by atoms with Crippen molar-refractivity contribution < 1.29 is 12.9 Å². The second-order valence-corrected chi connectivity index (χ2v) is 5.76. The van der Waals surface area contributed by atoms with Gasteiger partial charge in [0.05, 0.1) is 17.1 Å². The van der Waals surface area contributed by atoms with Crippen molar-refractivity contribution in [2.75, 3.05) is 6.54 Å². The number of rotatable bonds is 6. The van der Waals surface area contributed by atoms with Crippen molar-refractivity contribution in [3.63, 3.8) is 0 Å². The Hall–Kier alpha value is -1.70. The summed E-state index contributed by atoms with van der Waals surface area (Å²) in [4.78, 5) is 0.219. The van der Waals surface area contributed by atoms with Crippen LogP contribution in [0.3, 0.4) is 0 Å². The zero-order valence-corrected chi connectivity index (χ0v) is 11.1. The van der Waals surface area contributed by atoms with Gasteiger partial charge in [-0.25, -0.2) is 13.1 Å². The molecule has 0 aliphatic rings. The number of hydrogen-bond acceptors (Lipinski definition) is 5. The first kappa shape index (κ1) is 13.7. The van der Waals surface area contributed by atoms with Crippen LogP contribution in [0.5, 0.6) is 0 Å². The number of nitrogens with zero attached hydrogens (tertiary/aromatic N) is 1. The summed E-state index contributed by atoms with van der Waals surface area (Å²) in [6.07, 6.45) is 2.12. The number of nitrogens with one attached hydrogen (secondary N) is 1. The summed E-state index contributed by atoms with van der Waals surface area (Å²) in [5.74, 6) is 0. The van der Waals surface area contributed by atoms with E-state index in [0.29, 0.717) is 12.2 Å². The maximum atomic E-state index is 12.0. The molecule has 6 nitrogen and oxygen atoms in total. The van der Waals surface area contributed by atoms with Crippen molar-refractivity contribution in [2.24, 2.45) is 5.73 Å². The van der Waals surface area contributed by atoms with Crippen molar-refractivity contribution in [3.8, 4) is 0 Å². The largest absolute Gasteiger partial charge is 0.364 e. The van der Waals surface area contributed by atoms with Gasteiger partial charge in [0.25, 0.3) is 0 Å². The first-order valence-corrected chi connectivity index (χ1v) is 7.28. The minimum Gasteiger partial charge on any atom is -0.364 e. The van der Waals surface area contributed by atoms with Crippen LogP contribution in [0, 0.1) is 0 Å². The highest BCUT2D eigenvalue weighted by Crippen LogP contribution is 2.11. The van der Waals surface area contributed by atoms with E-state index in [0.717, 1.165) is 12.0 Å². The van der Waals surface area contributed by atoms with E-state index < -0.39 is 10.0 Å². The van der Waals surface area contributed by atoms with Gasteiger partial charge in [-0.3, -0.25) is 0 Å². The molecule has 0 aliphatic carbocycles. The van der Waals surface area contributed by atoms with E-state index in [4.69, 9.17) is 5.73 Å². The quantitative estimate of drug-likeness (QED) is 0.810. The molecular weight excluding hydrogens is 266 g/mol. The molecule has 0 unspecified atom stereocenters. The standard InChI is InChI=1S/C12H15N3O3S/c13-7-5-10-1-3-12(4-2-10)19(16,17)14-9-11-6-8-18-15-11/h1-4,6,8,14H,5,7,9,13H2. The molecule has 3 N–H and O–H groups in total. The van der Waals surface area contributed by atoms with E-state index in [2.05, 4.69) is 14.4 Å². The van der Waals surface area contributed by atoms with E-state index in [1.807, 2.05) is 0 Å². The van der Waals surface area contributed by atoms with Crippen LogP contribution in [0.25, 0.3) is 0 Å². The molecule has 0 bridgehead atoms. The third-order valence-corrected chi connectivity index (χ3v) is 4.02. The highest BCUT2D eigenvalue weighted by molar-refractivity contribution is 7.89. The third kappa shape index (κ3) is 3.63. The predicted molar refractivity (Wildman–Crippen MR) is 69.7 cm³/mol. The molecule has 0 spiro atoms. The highest BCUT2D eigenvalue weighted by atomic mass is 32.2. The molecule has 7 heteroatoms. The molecule has 0 radical (unpaired) electrons. The molecule has 0 saturated heterocycles. The summed E-state index contributed by atoms with van der Waals surface area (Å²) < 4.78 is 31.1. The lowest BCUT2D eigenvalue weighted by Crippen LogP contribution is -2.23. The normalized spacial score (nSPS) is 11.6. The Morgan fingerprint density at radius 3 is 2.53 bits per heavy atom. The number of sulfonamides is 1. The molecule has 0 saturated carbocycles. The summed E-state index contributed by atoms with van der Waals surface area (Å²) in [7, 11) is -3.53. The predicted octanol–water partition coefficient (Wildman–Crippen LogP) is 0.654. The number of nitrogens with two attached hydrogens (primary N) is 1. The molecule has 2 aromatic rings. The Bertz CT molecular complexity index is 606. The van der Waals surface area contributed by atoms with Crippen LogP contribution in [0.1, 0.15) is 11.3 Å². The van der Waals surface area contributed by atoms with Crippen LogP contribution in [0.4, 0.5) is 0 Å². The number of hydrogen-bond donors (Lipinski definition) is 2. The van der Waals surface area contributed by atoms with E-state index in [1.54, 1.807) is 30.3 Å². The smallest absolute Gasteiger partial charge is 0.240 e. The fraction of sp³-hybridized carbons (Fsp3) is 0.250. The Balaban J connectivity index is 2.06. The van der Waals surface area contributed by atoms with Gasteiger partial charge in [-0.2, -0.15) is 0 Å². The van der Waals surface area contributed by atoms with Gasteiger partial charge in [0, 0.05) is 6.07 Å². The van der Waals surface area contributed by atoms with Gasteiger partial charge in [0.2, 0.25) is 10.0 Å². The van der Waals surface area contributed by atoms with Gasteiger partial charge in [-0.05, 0) is 30.7 Å². The molecule has 1 heterocycles. The van der Waals surface area contributed by atoms with Crippen LogP contribution in [-0.4, -0.2) is 20.1 Å². The monoisotopic (exact) mass is 281 g/mol. The average Bonchev–Trinajstić information content (AvgIpc) is 2.91. The first-order valence-electron chi connectivity index (χ1n) is 5.80. The summed E-state index contributed by atoms with van der Waals surface area (Å²) in [6.45, 7) is 0.639. The maximum Gasteiger partial charge on any atom is 0.240 e. The lowest BCUT2D eigenvalue weighted by molar-refractivity contribution is 0.411. The Kier molecular flexibility index (Phi) is 4.31. The molecule has 19 heavy (non-hydrogen) atoms. The van der Waals surface area contributed by atoms with Crippen LogP contribution < -0.4 is 10.5 Å². The van der Waals surface area contributed by atoms with Crippen LogP contribution in [-0.2, 0) is 23.0 Å². The molecule has 0 aliphatic heterocycles. The number of benzene rings is 1. The van der Waals surface area contributed by atoms with Crippen LogP contribution in [0.2, 0.25) is 0 Å². The molecule has 0 fully saturated rings. The summed E-state index contributed by atoms with van der Waals surface area (Å²) in [6, 6.07) is 8.26. The van der Waals surface area contributed by atoms with Gasteiger partial charge in [-0.1, -0.05) is 17.3 Å². The van der Waals surface area contributed by atoms with Crippen molar-refractivity contribution in [3.05, 3.63) is 47.9 Å². The van der Waals surface area contributed by atoms with Crippen molar-refractivity contribution in [1.82, 2.24) is 9.88 Å². The molecule has 0 amide bonds.